The standard InChI is InChI=1S/C11H17NO3/c13-3-4-15-7-12-11(14)10-6-8-1-2-9(10)5-8/h1-2,8-10,13H,3-7H2,(H,12,14). The van der Waals surface area contributed by atoms with E-state index in [0.29, 0.717) is 11.8 Å². The summed E-state index contributed by atoms with van der Waals surface area (Å²) in [4.78, 5) is 11.7. The highest BCUT2D eigenvalue weighted by Crippen LogP contribution is 2.43. The molecule has 1 saturated carbocycles. The summed E-state index contributed by atoms with van der Waals surface area (Å²) in [6.45, 7) is 0.473. The van der Waals surface area contributed by atoms with Crippen molar-refractivity contribution >= 4 is 5.91 Å². The first-order chi connectivity index (χ1) is 7.31. The van der Waals surface area contributed by atoms with Crippen molar-refractivity contribution in [3.05, 3.63) is 12.2 Å². The first kappa shape index (κ1) is 10.6. The molecule has 0 spiro atoms. The maximum Gasteiger partial charge on any atom is 0.225 e. The van der Waals surface area contributed by atoms with Crippen LogP contribution in [0.25, 0.3) is 0 Å². The second-order valence-corrected chi connectivity index (χ2v) is 4.20. The number of nitrogens with one attached hydrogen (secondary N) is 1. The van der Waals surface area contributed by atoms with Crippen LogP contribution >= 0.6 is 0 Å². The topological polar surface area (TPSA) is 58.6 Å². The number of amides is 1. The molecule has 2 aliphatic rings. The molecule has 2 rings (SSSR count). The number of carbonyl (C=O) groups is 1. The minimum atomic E-state index is -0.00721. The van der Waals surface area contributed by atoms with E-state index in [0.717, 1.165) is 12.8 Å². The lowest BCUT2D eigenvalue weighted by Crippen LogP contribution is -2.34. The second-order valence-electron chi connectivity index (χ2n) is 4.20. The van der Waals surface area contributed by atoms with Gasteiger partial charge < -0.3 is 15.2 Å². The van der Waals surface area contributed by atoms with Gasteiger partial charge in [0.15, 0.2) is 0 Å². The fourth-order valence-corrected chi connectivity index (χ4v) is 2.47. The van der Waals surface area contributed by atoms with Gasteiger partial charge in [-0.2, -0.15) is 0 Å². The second kappa shape index (κ2) is 4.77. The van der Waals surface area contributed by atoms with Crippen molar-refractivity contribution in [3.63, 3.8) is 0 Å². The summed E-state index contributed by atoms with van der Waals surface area (Å²) < 4.78 is 4.99. The predicted octanol–water partition coefficient (Wildman–Crippen LogP) is 0.281. The van der Waals surface area contributed by atoms with Crippen LogP contribution in [0.5, 0.6) is 0 Å². The van der Waals surface area contributed by atoms with Crippen molar-refractivity contribution in [2.24, 2.45) is 17.8 Å². The Morgan fingerprint density at radius 2 is 2.33 bits per heavy atom. The maximum atomic E-state index is 11.7. The van der Waals surface area contributed by atoms with Crippen LogP contribution < -0.4 is 5.32 Å². The first-order valence-electron chi connectivity index (χ1n) is 5.46. The third kappa shape index (κ3) is 2.38. The number of ether oxygens (including phenoxy) is 1. The van der Waals surface area contributed by atoms with Gasteiger partial charge in [-0.3, -0.25) is 4.79 Å². The Hall–Kier alpha value is -0.870. The molecule has 4 nitrogen and oxygen atoms in total. The number of aliphatic hydroxyl groups excluding tert-OH is 1. The Bertz CT molecular complexity index is 265. The molecule has 0 aromatic rings. The molecule has 1 fully saturated rings. The summed E-state index contributed by atoms with van der Waals surface area (Å²) in [5, 5.41) is 11.2. The number of fused-ring (bicyclic) bond motifs is 2. The summed E-state index contributed by atoms with van der Waals surface area (Å²) in [7, 11) is 0. The Kier molecular flexibility index (Phi) is 3.38. The van der Waals surface area contributed by atoms with E-state index >= 15 is 0 Å². The van der Waals surface area contributed by atoms with Crippen molar-refractivity contribution in [1.82, 2.24) is 5.32 Å². The normalized spacial score (nSPS) is 32.2. The van der Waals surface area contributed by atoms with Crippen molar-refractivity contribution < 1.29 is 14.6 Å². The SMILES string of the molecule is O=C(NCOCCO)C1CC2C=CC1C2. The zero-order valence-electron chi connectivity index (χ0n) is 8.69. The van der Waals surface area contributed by atoms with Gasteiger partial charge in [0.25, 0.3) is 0 Å². The number of allylic oxidation sites excluding steroid dienone is 2. The molecule has 84 valence electrons. The van der Waals surface area contributed by atoms with E-state index in [9.17, 15) is 4.79 Å². The number of aliphatic hydroxyl groups is 1. The van der Waals surface area contributed by atoms with Crippen LogP contribution in [0.15, 0.2) is 12.2 Å². The monoisotopic (exact) mass is 211 g/mol. The van der Waals surface area contributed by atoms with Crippen LogP contribution in [0.2, 0.25) is 0 Å². The van der Waals surface area contributed by atoms with Gasteiger partial charge in [-0.25, -0.2) is 0 Å². The third-order valence-electron chi connectivity index (χ3n) is 3.20. The molecule has 3 atom stereocenters. The van der Waals surface area contributed by atoms with E-state index < -0.39 is 0 Å². The minimum Gasteiger partial charge on any atom is -0.394 e. The Morgan fingerprint density at radius 3 is 2.93 bits per heavy atom. The van der Waals surface area contributed by atoms with Crippen molar-refractivity contribution in [2.75, 3.05) is 19.9 Å². The fraction of sp³-hybridized carbons (Fsp3) is 0.727. The highest BCUT2D eigenvalue weighted by atomic mass is 16.5. The van der Waals surface area contributed by atoms with Crippen LogP contribution in [-0.4, -0.2) is 31.0 Å². The highest BCUT2D eigenvalue weighted by molar-refractivity contribution is 5.79. The zero-order valence-corrected chi connectivity index (χ0v) is 8.69. The molecule has 15 heavy (non-hydrogen) atoms. The molecule has 0 aromatic carbocycles. The molecular weight excluding hydrogens is 194 g/mol. The average Bonchev–Trinajstić information content (AvgIpc) is 2.85. The van der Waals surface area contributed by atoms with E-state index in [1.807, 2.05) is 0 Å². The fourth-order valence-electron chi connectivity index (χ4n) is 2.47. The van der Waals surface area contributed by atoms with Gasteiger partial charge in [0, 0.05) is 5.92 Å². The molecule has 0 heterocycles. The van der Waals surface area contributed by atoms with E-state index in [-0.39, 0.29) is 31.8 Å². The predicted molar refractivity (Wildman–Crippen MR) is 54.9 cm³/mol. The van der Waals surface area contributed by atoms with Crippen LogP contribution in [0.3, 0.4) is 0 Å². The smallest absolute Gasteiger partial charge is 0.225 e. The van der Waals surface area contributed by atoms with Gasteiger partial charge in [-0.1, -0.05) is 12.2 Å². The van der Waals surface area contributed by atoms with Crippen LogP contribution in [0, 0.1) is 17.8 Å². The molecule has 0 aliphatic heterocycles. The lowest BCUT2D eigenvalue weighted by Gasteiger charge is -2.17. The van der Waals surface area contributed by atoms with Crippen LogP contribution in [0.4, 0.5) is 0 Å². The quantitative estimate of drug-likeness (QED) is 0.390. The van der Waals surface area contributed by atoms with Crippen molar-refractivity contribution in [3.8, 4) is 0 Å². The Labute approximate surface area is 89.3 Å². The number of carbonyl (C=O) groups excluding carboxylic acids is 1. The molecule has 2 N–H and O–H groups in total. The first-order valence-corrected chi connectivity index (χ1v) is 5.46. The van der Waals surface area contributed by atoms with E-state index in [1.165, 1.54) is 0 Å². The van der Waals surface area contributed by atoms with E-state index in [1.54, 1.807) is 0 Å². The summed E-state index contributed by atoms with van der Waals surface area (Å²) in [6.07, 6.45) is 6.49. The lowest BCUT2D eigenvalue weighted by atomic mass is 9.93. The molecule has 0 saturated heterocycles. The van der Waals surface area contributed by atoms with Gasteiger partial charge in [0.2, 0.25) is 5.91 Å². The summed E-state index contributed by atoms with van der Waals surface area (Å²) in [6, 6.07) is 0. The highest BCUT2D eigenvalue weighted by Gasteiger charge is 2.39. The largest absolute Gasteiger partial charge is 0.394 e. The average molecular weight is 211 g/mol. The summed E-state index contributed by atoms with van der Waals surface area (Å²) >= 11 is 0. The Morgan fingerprint density at radius 1 is 1.47 bits per heavy atom. The molecule has 2 aliphatic carbocycles. The maximum absolute atomic E-state index is 11.7. The van der Waals surface area contributed by atoms with Gasteiger partial charge in [0.1, 0.15) is 6.73 Å². The molecule has 3 unspecified atom stereocenters. The third-order valence-corrected chi connectivity index (χ3v) is 3.20. The van der Waals surface area contributed by atoms with Gasteiger partial charge in [-0.05, 0) is 24.7 Å². The Balaban J connectivity index is 1.70. The van der Waals surface area contributed by atoms with Gasteiger partial charge in [-0.15, -0.1) is 0 Å². The molecule has 2 bridgehead atoms. The summed E-state index contributed by atoms with van der Waals surface area (Å²) in [5.41, 5.74) is 0. The molecule has 4 heteroatoms. The van der Waals surface area contributed by atoms with Crippen LogP contribution in [0.1, 0.15) is 12.8 Å². The van der Waals surface area contributed by atoms with Gasteiger partial charge >= 0.3 is 0 Å². The zero-order chi connectivity index (χ0) is 10.7. The number of hydrogen-bond acceptors (Lipinski definition) is 3. The molecule has 0 radical (unpaired) electrons. The van der Waals surface area contributed by atoms with Gasteiger partial charge in [0.05, 0.1) is 13.2 Å². The van der Waals surface area contributed by atoms with Crippen molar-refractivity contribution in [2.45, 2.75) is 12.8 Å². The number of rotatable bonds is 5. The van der Waals surface area contributed by atoms with Crippen molar-refractivity contribution in [1.29, 1.82) is 0 Å². The number of hydrogen-bond donors (Lipinski definition) is 2. The van der Waals surface area contributed by atoms with E-state index in [2.05, 4.69) is 17.5 Å². The van der Waals surface area contributed by atoms with Crippen LogP contribution in [-0.2, 0) is 9.53 Å². The minimum absolute atomic E-state index is 0.00721. The molecule has 0 aromatic heterocycles. The molecule has 1 amide bonds. The summed E-state index contributed by atoms with van der Waals surface area (Å²) in [5.74, 6) is 1.28. The lowest BCUT2D eigenvalue weighted by molar-refractivity contribution is -0.127. The van der Waals surface area contributed by atoms with E-state index in [4.69, 9.17) is 9.84 Å². The molecular formula is C11H17NO3.